The van der Waals surface area contributed by atoms with Gasteiger partial charge < -0.3 is 85.5 Å². The normalized spacial score (nSPS) is 52.0. The number of hydrogen-bond donors (Lipinski definition) is 13. The number of hydrogen-bond acceptors (Lipinski definition) is 17. The topological polar surface area (TPSA) is 309 Å². The highest BCUT2D eigenvalue weighted by Gasteiger charge is 2.71. The van der Waals surface area contributed by atoms with Crippen molar-refractivity contribution >= 4 is 5.91 Å². The van der Waals surface area contributed by atoms with Crippen LogP contribution in [0.3, 0.4) is 0 Å². The molecule has 18 nitrogen and oxygen atoms in total. The molecule has 3 rings (SSSR count). The number of nitrogens with one attached hydrogen (secondary N) is 1. The van der Waals surface area contributed by atoms with Gasteiger partial charge in [-0.1, -0.05) is 0 Å². The van der Waals surface area contributed by atoms with Gasteiger partial charge in [0.25, 0.3) is 0 Å². The summed E-state index contributed by atoms with van der Waals surface area (Å²) in [6.45, 7) is -2.05. The zero-order valence-corrected chi connectivity index (χ0v) is 20.0. The summed E-state index contributed by atoms with van der Waals surface area (Å²) in [6.07, 6.45) is -25.6. The molecule has 13 N–H and O–H groups in total. The van der Waals surface area contributed by atoms with Crippen LogP contribution in [0.15, 0.2) is 0 Å². The standard InChI is InChI=1S/C20H35NO17/c1-5(25)21-19(33)16(32)15(37-18-14(31)12(29)10(27)7(3-23)36-18)8(4-24)38-20(19,34)17-13(30)11(28)9(26)6(2-22)35-17/h6-18,22-24,26-34H,2-4H2,1H3,(H,21,25)/t6-,7-,8-,9+,10+,11+,12+,13-,14-,15-,16+,17?,18+,19-,20?/m1/s1. The molecule has 3 saturated heterocycles. The van der Waals surface area contributed by atoms with Gasteiger partial charge in [-0.25, -0.2) is 0 Å². The second-order valence-corrected chi connectivity index (χ2v) is 9.48. The molecule has 2 unspecified atom stereocenters. The van der Waals surface area contributed by atoms with Crippen molar-refractivity contribution in [1.82, 2.24) is 5.32 Å². The summed E-state index contributed by atoms with van der Waals surface area (Å²) in [5.41, 5.74) is -3.38. The minimum atomic E-state index is -3.41. The highest BCUT2D eigenvalue weighted by Crippen LogP contribution is 2.43. The quantitative estimate of drug-likeness (QED) is 0.128. The highest BCUT2D eigenvalue weighted by molar-refractivity contribution is 5.74. The van der Waals surface area contributed by atoms with E-state index in [1.165, 1.54) is 0 Å². The van der Waals surface area contributed by atoms with E-state index in [2.05, 4.69) is 0 Å². The monoisotopic (exact) mass is 561 g/mol. The second kappa shape index (κ2) is 11.7. The van der Waals surface area contributed by atoms with Crippen LogP contribution in [0, 0.1) is 0 Å². The molecule has 0 aliphatic carbocycles. The Hall–Kier alpha value is -1.17. The van der Waals surface area contributed by atoms with Crippen LogP contribution in [-0.2, 0) is 23.7 Å². The van der Waals surface area contributed by atoms with Crippen LogP contribution in [0.5, 0.6) is 0 Å². The fourth-order valence-electron chi connectivity index (χ4n) is 4.82. The van der Waals surface area contributed by atoms with E-state index in [1.807, 2.05) is 5.32 Å². The van der Waals surface area contributed by atoms with Crippen LogP contribution < -0.4 is 5.32 Å². The number of rotatable bonds is 7. The molecule has 0 spiro atoms. The number of amides is 1. The van der Waals surface area contributed by atoms with Crippen molar-refractivity contribution in [3.05, 3.63) is 0 Å². The summed E-state index contributed by atoms with van der Waals surface area (Å²) >= 11 is 0. The molecular formula is C20H35NO17. The number of carbonyl (C=O) groups excluding carboxylic acids is 1. The van der Waals surface area contributed by atoms with E-state index in [0.29, 0.717) is 0 Å². The molecule has 3 aliphatic heterocycles. The summed E-state index contributed by atoms with van der Waals surface area (Å²) in [5.74, 6) is -4.50. The van der Waals surface area contributed by atoms with Crippen molar-refractivity contribution in [2.24, 2.45) is 0 Å². The molecule has 0 aromatic carbocycles. The Kier molecular flexibility index (Phi) is 9.69. The Bertz CT molecular complexity index is 818. The lowest BCUT2D eigenvalue weighted by Crippen LogP contribution is -2.85. The molecule has 0 saturated carbocycles. The van der Waals surface area contributed by atoms with Gasteiger partial charge in [0, 0.05) is 6.92 Å². The third kappa shape index (κ3) is 5.17. The van der Waals surface area contributed by atoms with E-state index >= 15 is 0 Å². The third-order valence-corrected chi connectivity index (χ3v) is 6.95. The summed E-state index contributed by atoms with van der Waals surface area (Å²) in [6, 6.07) is 0. The number of carbonyl (C=O) groups is 1. The minimum Gasteiger partial charge on any atom is -0.394 e. The maximum absolute atomic E-state index is 12.0. The van der Waals surface area contributed by atoms with Gasteiger partial charge >= 0.3 is 0 Å². The van der Waals surface area contributed by atoms with E-state index in [-0.39, 0.29) is 0 Å². The van der Waals surface area contributed by atoms with E-state index in [4.69, 9.17) is 18.9 Å². The average Bonchev–Trinajstić information content (AvgIpc) is 2.87. The average molecular weight is 561 g/mol. The van der Waals surface area contributed by atoms with Crippen LogP contribution in [-0.4, -0.2) is 178 Å². The molecule has 222 valence electrons. The summed E-state index contributed by atoms with van der Waals surface area (Å²) in [4.78, 5) is 12.0. The number of aliphatic hydroxyl groups is 12. The van der Waals surface area contributed by atoms with E-state index < -0.39 is 117 Å². The van der Waals surface area contributed by atoms with Crippen molar-refractivity contribution in [2.75, 3.05) is 19.8 Å². The van der Waals surface area contributed by atoms with Crippen molar-refractivity contribution in [2.45, 2.75) is 98.0 Å². The van der Waals surface area contributed by atoms with Gasteiger partial charge in [-0.15, -0.1) is 0 Å². The molecule has 0 aromatic rings. The lowest BCUT2D eigenvalue weighted by Gasteiger charge is -2.58. The first-order chi connectivity index (χ1) is 17.7. The predicted octanol–water partition coefficient (Wildman–Crippen LogP) is -8.72. The van der Waals surface area contributed by atoms with Crippen molar-refractivity contribution in [1.29, 1.82) is 0 Å². The number of aliphatic hydroxyl groups excluding tert-OH is 10. The van der Waals surface area contributed by atoms with Gasteiger partial charge in [-0.05, 0) is 0 Å². The molecule has 0 radical (unpaired) electrons. The molecule has 38 heavy (non-hydrogen) atoms. The van der Waals surface area contributed by atoms with Crippen LogP contribution in [0.2, 0.25) is 0 Å². The lowest BCUT2D eigenvalue weighted by molar-refractivity contribution is -0.451. The first kappa shape index (κ1) is 31.4. The van der Waals surface area contributed by atoms with Crippen LogP contribution in [0.4, 0.5) is 0 Å². The van der Waals surface area contributed by atoms with E-state index in [1.54, 1.807) is 0 Å². The Morgan fingerprint density at radius 2 is 1.26 bits per heavy atom. The van der Waals surface area contributed by atoms with E-state index in [0.717, 1.165) is 6.92 Å². The molecule has 1 amide bonds. The Labute approximate surface area is 214 Å². The van der Waals surface area contributed by atoms with Crippen molar-refractivity contribution < 1.29 is 85.0 Å². The van der Waals surface area contributed by atoms with Crippen LogP contribution in [0.1, 0.15) is 6.92 Å². The smallest absolute Gasteiger partial charge is 0.247 e. The molecular weight excluding hydrogens is 526 g/mol. The molecule has 3 heterocycles. The first-order valence-electron chi connectivity index (χ1n) is 11.6. The predicted molar refractivity (Wildman–Crippen MR) is 114 cm³/mol. The van der Waals surface area contributed by atoms with Gasteiger partial charge in [0.2, 0.25) is 17.4 Å². The lowest BCUT2D eigenvalue weighted by atomic mass is 9.79. The SMILES string of the molecule is CC(=O)N[C@@]1(O)[C@@H](O)[C@H](O[C@@H]2O[C@H](CO)[C@H](O)[C@H](O)[C@H]2O)[C@@H](CO)OC1(O)C1O[C@H](CO)[C@H](O)[C@H](O)[C@H]1O. The Balaban J connectivity index is 2.01. The van der Waals surface area contributed by atoms with Gasteiger partial charge in [0.1, 0.15) is 73.2 Å². The molecule has 0 aromatic heterocycles. The Morgan fingerprint density at radius 3 is 1.76 bits per heavy atom. The maximum atomic E-state index is 12.0. The third-order valence-electron chi connectivity index (χ3n) is 6.95. The van der Waals surface area contributed by atoms with E-state index in [9.17, 15) is 66.1 Å². The van der Waals surface area contributed by atoms with Gasteiger partial charge in [-0.3, -0.25) is 4.79 Å². The van der Waals surface area contributed by atoms with Crippen LogP contribution >= 0.6 is 0 Å². The highest BCUT2D eigenvalue weighted by atomic mass is 16.7. The molecule has 3 aliphatic rings. The van der Waals surface area contributed by atoms with Gasteiger partial charge in [-0.2, -0.15) is 0 Å². The molecule has 0 bridgehead atoms. The zero-order chi connectivity index (χ0) is 28.7. The minimum absolute atomic E-state index is 0.843. The fourth-order valence-corrected chi connectivity index (χ4v) is 4.82. The number of ether oxygens (including phenoxy) is 4. The summed E-state index contributed by atoms with van der Waals surface area (Å²) in [5, 5.41) is 126. The summed E-state index contributed by atoms with van der Waals surface area (Å²) in [7, 11) is 0. The molecule has 3 fully saturated rings. The van der Waals surface area contributed by atoms with Crippen molar-refractivity contribution in [3.63, 3.8) is 0 Å². The van der Waals surface area contributed by atoms with Gasteiger partial charge in [0.15, 0.2) is 6.29 Å². The maximum Gasteiger partial charge on any atom is 0.247 e. The molecule has 18 heteroatoms. The van der Waals surface area contributed by atoms with Gasteiger partial charge in [0.05, 0.1) is 19.8 Å². The first-order valence-corrected chi connectivity index (χ1v) is 11.6. The Morgan fingerprint density at radius 1 is 0.763 bits per heavy atom. The van der Waals surface area contributed by atoms with Crippen LogP contribution in [0.25, 0.3) is 0 Å². The molecule has 15 atom stereocenters. The summed E-state index contributed by atoms with van der Waals surface area (Å²) < 4.78 is 21.3. The largest absolute Gasteiger partial charge is 0.394 e. The fraction of sp³-hybridized carbons (Fsp3) is 0.950. The zero-order valence-electron chi connectivity index (χ0n) is 20.0. The second-order valence-electron chi connectivity index (χ2n) is 9.48. The van der Waals surface area contributed by atoms with Crippen molar-refractivity contribution in [3.8, 4) is 0 Å².